The van der Waals surface area contributed by atoms with Gasteiger partial charge in [-0.2, -0.15) is 9.40 Å². The second-order valence-corrected chi connectivity index (χ2v) is 6.17. The summed E-state index contributed by atoms with van der Waals surface area (Å²) in [7, 11) is -3.69. The van der Waals surface area contributed by atoms with Crippen LogP contribution in [0.3, 0.4) is 0 Å². The molecule has 6 nitrogen and oxygen atoms in total. The van der Waals surface area contributed by atoms with Gasteiger partial charge in [-0.25, -0.2) is 8.42 Å². The van der Waals surface area contributed by atoms with Crippen LogP contribution in [0.25, 0.3) is 0 Å². The molecule has 0 atom stereocenters. The van der Waals surface area contributed by atoms with Gasteiger partial charge in [-0.1, -0.05) is 37.3 Å². The molecule has 0 unspecified atom stereocenters. The zero-order valence-electron chi connectivity index (χ0n) is 11.2. The number of nitrogens with one attached hydrogen (secondary N) is 1. The Labute approximate surface area is 118 Å². The second kappa shape index (κ2) is 6.17. The predicted molar refractivity (Wildman–Crippen MR) is 74.2 cm³/mol. The Bertz CT molecular complexity index is 653. The normalized spacial score (nSPS) is 11.9. The number of aromatic nitrogens is 2. The summed E-state index contributed by atoms with van der Waals surface area (Å²) in [5.74, 6) is 0. The summed E-state index contributed by atoms with van der Waals surface area (Å²) in [6.07, 6.45) is 1.32. The van der Waals surface area contributed by atoms with Gasteiger partial charge in [-0.3, -0.25) is 5.10 Å². The quantitative estimate of drug-likeness (QED) is 0.836. The molecule has 7 heteroatoms. The first-order chi connectivity index (χ1) is 9.59. The third kappa shape index (κ3) is 2.90. The molecule has 1 heterocycles. The van der Waals surface area contributed by atoms with Crippen molar-refractivity contribution in [3.05, 3.63) is 47.7 Å². The Hall–Kier alpha value is -1.70. The summed E-state index contributed by atoms with van der Waals surface area (Å²) in [6, 6.07) is 9.36. The van der Waals surface area contributed by atoms with Crippen molar-refractivity contribution in [2.75, 3.05) is 6.54 Å². The summed E-state index contributed by atoms with van der Waals surface area (Å²) in [5.41, 5.74) is 1.18. The van der Waals surface area contributed by atoms with Gasteiger partial charge in [0, 0.05) is 18.7 Å². The van der Waals surface area contributed by atoms with Crippen LogP contribution in [0.15, 0.2) is 41.6 Å². The van der Waals surface area contributed by atoms with Gasteiger partial charge < -0.3 is 5.11 Å². The number of aliphatic hydroxyl groups is 1. The van der Waals surface area contributed by atoms with Crippen molar-refractivity contribution in [3.8, 4) is 0 Å². The molecule has 0 saturated heterocycles. The van der Waals surface area contributed by atoms with Gasteiger partial charge in [0.2, 0.25) is 0 Å². The lowest BCUT2D eigenvalue weighted by molar-refractivity contribution is 0.278. The second-order valence-electron chi connectivity index (χ2n) is 4.30. The third-order valence-corrected chi connectivity index (χ3v) is 4.94. The molecule has 1 aromatic carbocycles. The van der Waals surface area contributed by atoms with E-state index < -0.39 is 10.0 Å². The fraction of sp³-hybridized carbons (Fsp3) is 0.308. The number of aliphatic hydroxyl groups excluding tert-OH is 1. The first-order valence-corrected chi connectivity index (χ1v) is 7.70. The molecule has 108 valence electrons. The molecule has 0 amide bonds. The Morgan fingerprint density at radius 1 is 1.30 bits per heavy atom. The number of rotatable bonds is 6. The molecule has 0 spiro atoms. The highest BCUT2D eigenvalue weighted by atomic mass is 32.2. The largest absolute Gasteiger partial charge is 0.392 e. The Morgan fingerprint density at radius 3 is 2.60 bits per heavy atom. The minimum atomic E-state index is -3.69. The summed E-state index contributed by atoms with van der Waals surface area (Å²) >= 11 is 0. The van der Waals surface area contributed by atoms with E-state index in [0.717, 1.165) is 5.56 Å². The lowest BCUT2D eigenvalue weighted by atomic mass is 10.2. The van der Waals surface area contributed by atoms with E-state index in [4.69, 9.17) is 0 Å². The number of hydrogen-bond donors (Lipinski definition) is 2. The molecule has 0 bridgehead atoms. The van der Waals surface area contributed by atoms with Gasteiger partial charge in [-0.15, -0.1) is 0 Å². The smallest absolute Gasteiger partial charge is 0.260 e. The van der Waals surface area contributed by atoms with Gasteiger partial charge in [-0.05, 0) is 5.56 Å². The molecular formula is C13H17N3O3S. The lowest BCUT2D eigenvalue weighted by Gasteiger charge is -2.20. The third-order valence-electron chi connectivity index (χ3n) is 3.00. The maximum Gasteiger partial charge on any atom is 0.260 e. The van der Waals surface area contributed by atoms with Crippen molar-refractivity contribution in [3.63, 3.8) is 0 Å². The average molecular weight is 295 g/mol. The first kappa shape index (κ1) is 14.7. The molecule has 0 aliphatic carbocycles. The number of sulfonamides is 1. The molecule has 0 aliphatic heterocycles. The minimum Gasteiger partial charge on any atom is -0.392 e. The minimum absolute atomic E-state index is 0.0437. The standard InChI is InChI=1S/C13H17N3O3S/c1-2-16(9-11-6-4-3-5-7-11)20(18,19)13-12(10-17)8-14-15-13/h3-8,17H,2,9-10H2,1H3,(H,14,15). The number of hydrogen-bond acceptors (Lipinski definition) is 4. The summed E-state index contributed by atoms with van der Waals surface area (Å²) in [6.45, 7) is 2.02. The number of benzene rings is 1. The molecule has 0 saturated carbocycles. The van der Waals surface area contributed by atoms with Gasteiger partial charge in [0.15, 0.2) is 5.03 Å². The highest BCUT2D eigenvalue weighted by molar-refractivity contribution is 7.89. The molecule has 20 heavy (non-hydrogen) atoms. The first-order valence-electron chi connectivity index (χ1n) is 6.26. The molecule has 2 aromatic rings. The van der Waals surface area contributed by atoms with Crippen molar-refractivity contribution in [1.82, 2.24) is 14.5 Å². The van der Waals surface area contributed by atoms with Crippen LogP contribution in [0.1, 0.15) is 18.1 Å². The van der Waals surface area contributed by atoms with Gasteiger partial charge in [0.1, 0.15) is 0 Å². The molecule has 2 rings (SSSR count). The Balaban J connectivity index is 2.31. The van der Waals surface area contributed by atoms with E-state index in [2.05, 4.69) is 10.2 Å². The van der Waals surface area contributed by atoms with Crippen molar-refractivity contribution in [2.45, 2.75) is 25.1 Å². The van der Waals surface area contributed by atoms with Crippen molar-refractivity contribution in [1.29, 1.82) is 0 Å². The van der Waals surface area contributed by atoms with Crippen LogP contribution in [0.5, 0.6) is 0 Å². The fourth-order valence-electron chi connectivity index (χ4n) is 1.92. The molecule has 0 aliphatic rings. The molecular weight excluding hydrogens is 278 g/mol. The van der Waals surface area contributed by atoms with Crippen LogP contribution in [0, 0.1) is 0 Å². The monoisotopic (exact) mass is 295 g/mol. The highest BCUT2D eigenvalue weighted by Crippen LogP contribution is 2.19. The number of aromatic amines is 1. The van der Waals surface area contributed by atoms with E-state index in [1.54, 1.807) is 6.92 Å². The van der Waals surface area contributed by atoms with E-state index in [9.17, 15) is 13.5 Å². The number of nitrogens with zero attached hydrogens (tertiary/aromatic N) is 2. The van der Waals surface area contributed by atoms with E-state index in [1.807, 2.05) is 30.3 Å². The zero-order valence-corrected chi connectivity index (χ0v) is 12.0. The average Bonchev–Trinajstić information content (AvgIpc) is 2.95. The Morgan fingerprint density at radius 2 is 2.00 bits per heavy atom. The van der Waals surface area contributed by atoms with Crippen LogP contribution in [-0.2, 0) is 23.2 Å². The van der Waals surface area contributed by atoms with E-state index in [-0.39, 0.29) is 23.7 Å². The highest BCUT2D eigenvalue weighted by Gasteiger charge is 2.27. The van der Waals surface area contributed by atoms with Gasteiger partial charge >= 0.3 is 0 Å². The molecule has 0 fully saturated rings. The van der Waals surface area contributed by atoms with E-state index >= 15 is 0 Å². The van der Waals surface area contributed by atoms with E-state index in [0.29, 0.717) is 6.54 Å². The summed E-state index contributed by atoms with van der Waals surface area (Å²) in [4.78, 5) is 0. The molecule has 1 aromatic heterocycles. The Kier molecular flexibility index (Phi) is 4.53. The maximum atomic E-state index is 12.6. The van der Waals surface area contributed by atoms with Crippen LogP contribution in [0.4, 0.5) is 0 Å². The summed E-state index contributed by atoms with van der Waals surface area (Å²) < 4.78 is 26.4. The number of H-pyrrole nitrogens is 1. The van der Waals surface area contributed by atoms with Crippen molar-refractivity contribution in [2.24, 2.45) is 0 Å². The summed E-state index contributed by atoms with van der Waals surface area (Å²) in [5, 5.41) is 15.3. The van der Waals surface area contributed by atoms with Crippen molar-refractivity contribution < 1.29 is 13.5 Å². The van der Waals surface area contributed by atoms with Crippen LogP contribution < -0.4 is 0 Å². The van der Waals surface area contributed by atoms with Crippen LogP contribution in [-0.4, -0.2) is 34.6 Å². The maximum absolute atomic E-state index is 12.6. The molecule has 0 radical (unpaired) electrons. The fourth-order valence-corrected chi connectivity index (χ4v) is 3.45. The molecule has 2 N–H and O–H groups in total. The van der Waals surface area contributed by atoms with Gasteiger partial charge in [0.25, 0.3) is 10.0 Å². The van der Waals surface area contributed by atoms with Crippen LogP contribution in [0.2, 0.25) is 0 Å². The predicted octanol–water partition coefficient (Wildman–Crippen LogP) is 1.11. The lowest BCUT2D eigenvalue weighted by Crippen LogP contribution is -2.31. The SMILES string of the molecule is CCN(Cc1ccccc1)S(=O)(=O)c1[nH]ncc1CO. The van der Waals surface area contributed by atoms with E-state index in [1.165, 1.54) is 10.5 Å². The zero-order chi connectivity index (χ0) is 14.6. The topological polar surface area (TPSA) is 86.3 Å². The van der Waals surface area contributed by atoms with Crippen LogP contribution >= 0.6 is 0 Å². The van der Waals surface area contributed by atoms with Crippen molar-refractivity contribution >= 4 is 10.0 Å². The van der Waals surface area contributed by atoms with Gasteiger partial charge in [0.05, 0.1) is 12.8 Å².